The van der Waals surface area contributed by atoms with Gasteiger partial charge >= 0.3 is 0 Å². The molecule has 0 unspecified atom stereocenters. The van der Waals surface area contributed by atoms with Crippen LogP contribution in [-0.2, 0) is 6.42 Å². The number of thiophene rings is 1. The van der Waals surface area contributed by atoms with E-state index in [2.05, 4.69) is 60.1 Å². The van der Waals surface area contributed by atoms with Gasteiger partial charge in [0.25, 0.3) is 11.8 Å². The number of rotatable bonds is 10. The zero-order valence-corrected chi connectivity index (χ0v) is 37.0. The number of nitrogens with zero attached hydrogens (tertiary/aromatic N) is 10. The number of hydrogen-bond acceptors (Lipinski definition) is 13. The van der Waals surface area contributed by atoms with E-state index in [-0.39, 0.29) is 41.7 Å². The van der Waals surface area contributed by atoms with E-state index < -0.39 is 0 Å². The highest BCUT2D eigenvalue weighted by Gasteiger charge is 2.33. The quantitative estimate of drug-likeness (QED) is 0.144. The van der Waals surface area contributed by atoms with E-state index in [0.717, 1.165) is 77.6 Å². The van der Waals surface area contributed by atoms with Crippen LogP contribution in [0.5, 0.6) is 5.75 Å². The number of aryl methyl sites for hydroxylation is 2. The summed E-state index contributed by atoms with van der Waals surface area (Å²) < 4.78 is 13.8. The van der Waals surface area contributed by atoms with Gasteiger partial charge in [-0.25, -0.2) is 4.98 Å². The zero-order chi connectivity index (χ0) is 43.8. The number of fused-ring (bicyclic) bond motifs is 3. The predicted octanol–water partition coefficient (Wildman–Crippen LogP) is 7.55. The first-order valence-electron chi connectivity index (χ1n) is 21.2. The molecule has 1 saturated carbocycles. The van der Waals surface area contributed by atoms with Crippen molar-refractivity contribution in [1.82, 2.24) is 40.2 Å². The summed E-state index contributed by atoms with van der Waals surface area (Å²) in [6.07, 6.45) is 8.26. The number of halogens is 1. The molecule has 2 fully saturated rings. The van der Waals surface area contributed by atoms with Gasteiger partial charge < -0.3 is 24.3 Å². The number of aliphatic imine (C=N–C) groups is 1. The molecule has 6 aromatic rings. The number of ether oxygens (including phenoxy) is 1. The molecule has 2 aliphatic heterocycles. The fourth-order valence-electron chi connectivity index (χ4n) is 8.71. The Hall–Kier alpha value is -6.44. The van der Waals surface area contributed by atoms with Crippen LogP contribution in [0.15, 0.2) is 76.5 Å². The number of nitrogens with one attached hydrogen (secondary N) is 1. The lowest BCUT2D eigenvalue weighted by atomic mass is 9.93. The molecule has 9 rings (SSSR count). The topological polar surface area (TPSA) is 181 Å². The Labute approximate surface area is 373 Å². The maximum absolute atomic E-state index is 13.9. The molecular formula is C46H46ClN11O4S. The Bertz CT molecular complexity index is 2710. The standard InChI is InChI=1S/C46H46ClN11O4S/c1-26-27(2)63-46-41(26)42(51-38(24-40-49-19-22-61-40)43-55-52-28(3)58(43)46)29-5-7-30(8-6-29)45(60)57-20-17-33(18-21-57)56(4)39-16-15-37(53-54-39)44(59)50-32-10-13-34(14-11-32)62-35-12-9-31(25-48)36(47)23-35/h5-9,12,15-16,19,22-23,32-34,38H,10-11,13-14,17-18,20-21,24H2,1-4H3,(H,50,59)/t32?,34?,38-/m1/s1. The summed E-state index contributed by atoms with van der Waals surface area (Å²) in [5, 5.41) is 31.3. The van der Waals surface area contributed by atoms with Gasteiger partial charge in [0, 0.05) is 59.9 Å². The fraction of sp³-hybridized carbons (Fsp3) is 0.370. The molecule has 63 heavy (non-hydrogen) atoms. The van der Waals surface area contributed by atoms with Crippen molar-refractivity contribution in [2.45, 2.75) is 89.9 Å². The maximum atomic E-state index is 13.9. The highest BCUT2D eigenvalue weighted by molar-refractivity contribution is 7.15. The molecule has 0 bridgehead atoms. The molecule has 0 spiro atoms. The minimum absolute atomic E-state index is 0.00680. The molecule has 4 aromatic heterocycles. The molecule has 2 amide bonds. The van der Waals surface area contributed by atoms with Crippen molar-refractivity contribution in [3.63, 3.8) is 0 Å². The molecule has 1 N–H and O–H groups in total. The molecule has 6 heterocycles. The van der Waals surface area contributed by atoms with Gasteiger partial charge in [0.05, 0.1) is 35.0 Å². The molecule has 1 saturated heterocycles. The molecule has 2 aromatic carbocycles. The van der Waals surface area contributed by atoms with Crippen molar-refractivity contribution in [1.29, 1.82) is 5.26 Å². The van der Waals surface area contributed by atoms with Crippen LogP contribution in [-0.4, -0.2) is 90.7 Å². The van der Waals surface area contributed by atoms with Crippen molar-refractivity contribution in [3.8, 4) is 16.8 Å². The molecule has 1 atom stereocenters. The van der Waals surface area contributed by atoms with Crippen LogP contribution in [0.2, 0.25) is 5.02 Å². The third-order valence-corrected chi connectivity index (χ3v) is 13.9. The van der Waals surface area contributed by atoms with Gasteiger partial charge in [0.2, 0.25) is 0 Å². The van der Waals surface area contributed by atoms with Crippen LogP contribution in [0.25, 0.3) is 5.00 Å². The first-order valence-corrected chi connectivity index (χ1v) is 22.4. The van der Waals surface area contributed by atoms with Crippen LogP contribution >= 0.6 is 22.9 Å². The number of carbonyl (C=O) groups excluding carboxylic acids is 2. The number of aromatic nitrogens is 6. The van der Waals surface area contributed by atoms with Crippen LogP contribution in [0, 0.1) is 32.1 Å². The summed E-state index contributed by atoms with van der Waals surface area (Å²) in [6.45, 7) is 7.40. The third kappa shape index (κ3) is 8.55. The van der Waals surface area contributed by atoms with E-state index in [0.29, 0.717) is 53.1 Å². The first-order chi connectivity index (χ1) is 30.5. The van der Waals surface area contributed by atoms with Crippen molar-refractivity contribution >= 4 is 46.3 Å². The number of amides is 2. The van der Waals surface area contributed by atoms with Gasteiger partial charge in [-0.1, -0.05) is 23.7 Å². The van der Waals surface area contributed by atoms with Crippen molar-refractivity contribution in [2.24, 2.45) is 4.99 Å². The second-order valence-electron chi connectivity index (χ2n) is 16.3. The molecule has 1 aliphatic carbocycles. The van der Waals surface area contributed by atoms with Crippen molar-refractivity contribution < 1.29 is 18.7 Å². The SMILES string of the molecule is Cc1sc2c(c1C)C(c1ccc(C(=O)N3CCC(N(C)c4ccc(C(=O)NC5CCC(Oc6ccc(C#N)c(Cl)c6)CC5)nn4)CC3)cc1)=N[C@H](Cc1ncco1)c1nnc(C)n1-2. The minimum Gasteiger partial charge on any atom is -0.490 e. The molecule has 17 heteroatoms. The Morgan fingerprint density at radius 1 is 0.984 bits per heavy atom. The van der Waals surface area contributed by atoms with E-state index in [1.165, 1.54) is 4.88 Å². The second kappa shape index (κ2) is 17.7. The van der Waals surface area contributed by atoms with Gasteiger partial charge in [0.1, 0.15) is 34.9 Å². The number of nitriles is 1. The second-order valence-corrected chi connectivity index (χ2v) is 17.9. The Morgan fingerprint density at radius 2 is 1.76 bits per heavy atom. The summed E-state index contributed by atoms with van der Waals surface area (Å²) in [6, 6.07) is 18.2. The molecule has 0 radical (unpaired) electrons. The van der Waals surface area contributed by atoms with Crippen LogP contribution in [0.3, 0.4) is 0 Å². The number of oxazole rings is 1. The van der Waals surface area contributed by atoms with Gasteiger partial charge in [-0.2, -0.15) is 5.26 Å². The highest BCUT2D eigenvalue weighted by atomic mass is 35.5. The summed E-state index contributed by atoms with van der Waals surface area (Å²) in [5.74, 6) is 3.14. The lowest BCUT2D eigenvalue weighted by molar-refractivity contribution is 0.0713. The Balaban J connectivity index is 0.794. The minimum atomic E-state index is -0.379. The maximum Gasteiger partial charge on any atom is 0.272 e. The number of carbonyl (C=O) groups is 2. The number of hydrogen-bond donors (Lipinski definition) is 1. The molecule has 3 aliphatic rings. The monoisotopic (exact) mass is 883 g/mol. The Kier molecular flexibility index (Phi) is 11.8. The number of piperidine rings is 1. The molecular weight excluding hydrogens is 838 g/mol. The van der Waals surface area contributed by atoms with Crippen LogP contribution in [0.4, 0.5) is 5.82 Å². The van der Waals surface area contributed by atoms with E-state index >= 15 is 0 Å². The summed E-state index contributed by atoms with van der Waals surface area (Å²) in [4.78, 5) is 41.8. The first kappa shape index (κ1) is 41.9. The number of benzene rings is 2. The van der Waals surface area contributed by atoms with E-state index in [1.54, 1.807) is 48.1 Å². The normalized spacial score (nSPS) is 18.7. The third-order valence-electron chi connectivity index (χ3n) is 12.4. The Morgan fingerprint density at radius 3 is 2.44 bits per heavy atom. The lowest BCUT2D eigenvalue weighted by Gasteiger charge is -2.37. The summed E-state index contributed by atoms with van der Waals surface area (Å²) in [5.41, 5.74) is 5.24. The highest BCUT2D eigenvalue weighted by Crippen LogP contribution is 2.40. The van der Waals surface area contributed by atoms with E-state index in [4.69, 9.17) is 31.0 Å². The van der Waals surface area contributed by atoms with Gasteiger partial charge in [-0.15, -0.1) is 31.7 Å². The average Bonchev–Trinajstić information content (AvgIpc) is 4.02. The smallest absolute Gasteiger partial charge is 0.272 e. The molecule has 322 valence electrons. The number of anilines is 1. The number of likely N-dealkylation sites (tertiary alicyclic amines) is 1. The van der Waals surface area contributed by atoms with Crippen LogP contribution < -0.4 is 15.0 Å². The van der Waals surface area contributed by atoms with Gasteiger partial charge in [-0.3, -0.25) is 19.1 Å². The zero-order valence-electron chi connectivity index (χ0n) is 35.4. The van der Waals surface area contributed by atoms with Crippen molar-refractivity contribution in [2.75, 3.05) is 25.0 Å². The van der Waals surface area contributed by atoms with E-state index in [1.807, 2.05) is 49.2 Å². The summed E-state index contributed by atoms with van der Waals surface area (Å²) >= 11 is 7.86. The van der Waals surface area contributed by atoms with Gasteiger partial charge in [0.15, 0.2) is 23.2 Å². The summed E-state index contributed by atoms with van der Waals surface area (Å²) in [7, 11) is 1.98. The fourth-order valence-corrected chi connectivity index (χ4v) is 10.1. The largest absolute Gasteiger partial charge is 0.490 e. The van der Waals surface area contributed by atoms with Gasteiger partial charge in [-0.05, 0) is 101 Å². The predicted molar refractivity (Wildman–Crippen MR) is 238 cm³/mol. The average molecular weight is 884 g/mol. The van der Waals surface area contributed by atoms with E-state index in [9.17, 15) is 9.59 Å². The van der Waals surface area contributed by atoms with Crippen molar-refractivity contribution in [3.05, 3.63) is 128 Å². The lowest BCUT2D eigenvalue weighted by Crippen LogP contribution is -2.46. The van der Waals surface area contributed by atoms with Crippen LogP contribution in [0.1, 0.15) is 110 Å². The molecule has 15 nitrogen and oxygen atoms in total.